The Morgan fingerprint density at radius 1 is 0.349 bits per heavy atom. The van der Waals surface area contributed by atoms with Gasteiger partial charge in [0.25, 0.3) is 0 Å². The minimum atomic E-state index is -0.630. The summed E-state index contributed by atoms with van der Waals surface area (Å²) in [6, 6.07) is 0. The summed E-state index contributed by atoms with van der Waals surface area (Å²) in [6.07, 6.45) is 20.3. The lowest BCUT2D eigenvalue weighted by atomic mass is 9.71. The van der Waals surface area contributed by atoms with E-state index >= 15 is 0 Å². The summed E-state index contributed by atoms with van der Waals surface area (Å²) in [7, 11) is 0. The van der Waals surface area contributed by atoms with Gasteiger partial charge in [0.2, 0.25) is 0 Å². The lowest BCUT2D eigenvalue weighted by Gasteiger charge is -2.37. The molecule has 18 rings (SSSR count). The van der Waals surface area contributed by atoms with Gasteiger partial charge in [-0.2, -0.15) is 0 Å². The predicted octanol–water partition coefficient (Wildman–Crippen LogP) is 14.2. The fourth-order valence-electron chi connectivity index (χ4n) is 25.1. The van der Waals surface area contributed by atoms with Gasteiger partial charge >= 0.3 is 83.6 Å². The van der Waals surface area contributed by atoms with E-state index in [0.29, 0.717) is 125 Å². The molecule has 12 aliphatic carbocycles. The summed E-state index contributed by atoms with van der Waals surface area (Å²) in [5, 5.41) is 0. The summed E-state index contributed by atoms with van der Waals surface area (Å²) >= 11 is 0. The molecular formula is C100H148O29. The molecule has 6 saturated heterocycles. The number of ether oxygens (including phenoxy) is 15. The van der Waals surface area contributed by atoms with Crippen molar-refractivity contribution in [1.82, 2.24) is 0 Å². The maximum atomic E-state index is 12.3. The molecule has 27 atom stereocenters. The number of esters is 14. The van der Waals surface area contributed by atoms with E-state index in [1.165, 1.54) is 0 Å². The molecule has 18 fully saturated rings. The number of cyclic esters (lactones) is 6. The molecule has 29 nitrogen and oxygen atoms in total. The van der Waals surface area contributed by atoms with Crippen LogP contribution in [0.2, 0.25) is 0 Å². The molecule has 12 saturated carbocycles. The summed E-state index contributed by atoms with van der Waals surface area (Å²) < 4.78 is 81.3. The predicted molar refractivity (Wildman–Crippen MR) is 460 cm³/mol. The second-order valence-electron chi connectivity index (χ2n) is 45.4. The number of rotatable bonds is 24. The normalized spacial score (nSPS) is 37.7. The third-order valence-corrected chi connectivity index (χ3v) is 35.5. The zero-order valence-electron chi connectivity index (χ0n) is 80.2. The van der Waals surface area contributed by atoms with E-state index in [4.69, 9.17) is 71.1 Å². The van der Waals surface area contributed by atoms with Crippen LogP contribution in [0.4, 0.5) is 0 Å². The third kappa shape index (κ3) is 19.7. The Morgan fingerprint density at radius 3 is 1.22 bits per heavy atom. The lowest BCUT2D eigenvalue weighted by molar-refractivity contribution is -0.177. The van der Waals surface area contributed by atoms with Crippen LogP contribution >= 0.6 is 0 Å². The second-order valence-corrected chi connectivity index (χ2v) is 45.4. The van der Waals surface area contributed by atoms with Gasteiger partial charge in [-0.3, -0.25) is 57.5 Å². The highest BCUT2D eigenvalue weighted by atomic mass is 16.6. The number of hydrogen-bond acceptors (Lipinski definition) is 29. The first kappa shape index (κ1) is 99.0. The second kappa shape index (κ2) is 38.1. The Hall–Kier alpha value is -7.46. The van der Waals surface area contributed by atoms with Crippen LogP contribution in [-0.2, 0) is 138 Å². The average molecular weight is 1810 g/mol. The zero-order chi connectivity index (χ0) is 94.0. The monoisotopic (exact) mass is 1810 g/mol. The van der Waals surface area contributed by atoms with Crippen molar-refractivity contribution in [3.05, 3.63) is 0 Å². The maximum absolute atomic E-state index is 12.3. The van der Waals surface area contributed by atoms with Gasteiger partial charge in [-0.15, -0.1) is 0 Å². The van der Waals surface area contributed by atoms with E-state index in [1.54, 1.807) is 27.7 Å². The Morgan fingerprint density at radius 2 is 0.783 bits per heavy atom. The van der Waals surface area contributed by atoms with E-state index < -0.39 is 69.1 Å². The first-order valence-corrected chi connectivity index (χ1v) is 48.8. The Labute approximate surface area is 761 Å². The first-order valence-electron chi connectivity index (χ1n) is 48.8. The van der Waals surface area contributed by atoms with Gasteiger partial charge in [0, 0.05) is 58.9 Å². The van der Waals surface area contributed by atoms with Gasteiger partial charge < -0.3 is 71.1 Å². The largest absolute Gasteiger partial charge is 0.465 e. The molecule has 4 spiro atoms. The minimum Gasteiger partial charge on any atom is -0.465 e. The molecule has 0 aromatic rings. The zero-order valence-corrected chi connectivity index (χ0v) is 80.2. The maximum Gasteiger partial charge on any atom is 0.344 e. The highest BCUT2D eigenvalue weighted by molar-refractivity contribution is 5.84. The van der Waals surface area contributed by atoms with E-state index in [2.05, 4.69) is 0 Å². The molecule has 27 unspecified atom stereocenters. The van der Waals surface area contributed by atoms with Gasteiger partial charge in [0.15, 0.2) is 13.2 Å². The Kier molecular flexibility index (Phi) is 29.3. The van der Waals surface area contributed by atoms with E-state index in [0.717, 1.165) is 135 Å². The number of carbonyl (C=O) groups is 14. The number of fused-ring (bicyclic) bond motifs is 22. The minimum absolute atomic E-state index is 0.0105. The Bertz CT molecular complexity index is 4230. The summed E-state index contributed by atoms with van der Waals surface area (Å²) in [5.74, 6) is 1.04. The van der Waals surface area contributed by atoms with Crippen LogP contribution in [0.5, 0.6) is 0 Å². The van der Waals surface area contributed by atoms with Crippen molar-refractivity contribution in [3.63, 3.8) is 0 Å². The standard InChI is InChI=1S/C19H28O7.C17H24O6.4C16H24O4/c1-5-19(3,4)18(22)25-9-13(20)26-16-10-7-11(15(16)23-6-2)14-12(10)8-24-17(14)21;1-4-17(2,3)16(20)22-8-13(18)23-12-6-9-5-10(12)14-11(9)7-21-15(14)19;1-4-15(2,3)14(18)20-12-6-11-5-10(12)7-16(11)8-13(17)19-9-16;1-4-15(2,3)14(18)20-12-6-10-5-11(12)16(7-10)8-13(17)19-9-16;1-4-15(2,3)13(17)20-12-8-11-7-10(12)9-16(11)5-6-19-14(16)18;1-4-15(2,3)13(17)20-12-8-10-7-11(12)16(9-10)5-6-19-14(16)18/h10-12,14-16H,5-9H2,1-4H3;9-12,14H,4-8H2,1-3H3;4*10-12H,4-9H2,1-3H3. The lowest BCUT2D eigenvalue weighted by Crippen LogP contribution is -2.46. The molecule has 0 aromatic carbocycles. The van der Waals surface area contributed by atoms with Gasteiger partial charge in [0.05, 0.1) is 114 Å². The highest BCUT2D eigenvalue weighted by Gasteiger charge is 2.69. The molecule has 29 heteroatoms. The fourth-order valence-corrected chi connectivity index (χ4v) is 25.1. The molecule has 0 aromatic heterocycles. The van der Waals surface area contributed by atoms with Crippen LogP contribution in [0.3, 0.4) is 0 Å². The molecule has 0 N–H and O–H groups in total. The molecule has 0 radical (unpaired) electrons. The van der Waals surface area contributed by atoms with Crippen molar-refractivity contribution in [2.75, 3.05) is 59.5 Å². The number of carbonyl (C=O) groups excluding carboxylic acids is 14. The first-order chi connectivity index (χ1) is 60.6. The number of hydrogen-bond donors (Lipinski definition) is 0. The quantitative estimate of drug-likeness (QED) is 0.0640. The molecular weight excluding hydrogens is 1670 g/mol. The van der Waals surface area contributed by atoms with Crippen LogP contribution in [-0.4, -0.2) is 186 Å². The van der Waals surface area contributed by atoms with Crippen LogP contribution < -0.4 is 0 Å². The fraction of sp³-hybridized carbons (Fsp3) is 0.860. The van der Waals surface area contributed by atoms with Gasteiger partial charge in [0.1, 0.15) is 36.6 Å². The smallest absolute Gasteiger partial charge is 0.344 e. The van der Waals surface area contributed by atoms with Crippen LogP contribution in [0.25, 0.3) is 0 Å². The topological polar surface area (TPSA) is 377 Å². The molecule has 129 heavy (non-hydrogen) atoms. The summed E-state index contributed by atoms with van der Waals surface area (Å²) in [4.78, 5) is 168. The van der Waals surface area contributed by atoms with E-state index in [9.17, 15) is 67.1 Å². The molecule has 0 amide bonds. The van der Waals surface area contributed by atoms with Crippen molar-refractivity contribution in [1.29, 1.82) is 0 Å². The van der Waals surface area contributed by atoms with E-state index in [1.807, 2.05) is 104 Å². The van der Waals surface area contributed by atoms with Crippen molar-refractivity contribution >= 4 is 83.6 Å². The third-order valence-electron chi connectivity index (χ3n) is 35.5. The molecule has 18 aliphatic rings. The van der Waals surface area contributed by atoms with Crippen molar-refractivity contribution < 1.29 is 138 Å². The van der Waals surface area contributed by atoms with E-state index in [-0.39, 0.29) is 166 Å². The van der Waals surface area contributed by atoms with Crippen LogP contribution in [0, 0.1) is 149 Å². The Balaban J connectivity index is 0.000000132. The van der Waals surface area contributed by atoms with Crippen molar-refractivity contribution in [2.24, 2.45) is 149 Å². The van der Waals surface area contributed by atoms with Gasteiger partial charge in [-0.25, -0.2) is 9.59 Å². The average Bonchev–Trinajstić information content (AvgIpc) is 1.57. The molecule has 12 bridgehead atoms. The molecule has 722 valence electrons. The summed E-state index contributed by atoms with van der Waals surface area (Å²) in [6.45, 7) is 39.0. The summed E-state index contributed by atoms with van der Waals surface area (Å²) in [5.41, 5.74) is -3.47. The molecule has 6 heterocycles. The van der Waals surface area contributed by atoms with Gasteiger partial charge in [-0.1, -0.05) is 41.5 Å². The molecule has 6 aliphatic heterocycles. The van der Waals surface area contributed by atoms with Crippen LogP contribution in [0.15, 0.2) is 0 Å². The SMILES string of the molecule is CCC(C)(C)C(=O)OC1CC2CC1C1(CCOC1=O)C2.CCC(C)(C)C(=O)OC1CC2CC1C1(COC(=O)C1)C2.CCC(C)(C)C(=O)OC1CC2CC1CC21CCOC1=O.CCC(C)(C)C(=O)OC1CC2CC1CC21COC(=O)C1.CCC(C)(C)C(=O)OCC(=O)OC1CC2CC1C1C(=O)OCC21.CCOC1C2CC(C3COC(=O)C32)C1OC(=O)COC(=O)C(C)(C)CC. The van der Waals surface area contributed by atoms with Crippen molar-refractivity contribution in [3.8, 4) is 0 Å². The van der Waals surface area contributed by atoms with Gasteiger partial charge in [-0.05, 0) is 279 Å². The highest BCUT2D eigenvalue weighted by Crippen LogP contribution is 2.66. The van der Waals surface area contributed by atoms with Crippen molar-refractivity contribution in [2.45, 2.75) is 335 Å². The van der Waals surface area contributed by atoms with Crippen LogP contribution in [0.1, 0.15) is 292 Å².